The van der Waals surface area contributed by atoms with Gasteiger partial charge in [-0.05, 0) is 26.0 Å². The van der Waals surface area contributed by atoms with Crippen molar-refractivity contribution in [1.82, 2.24) is 4.98 Å². The number of rotatable bonds is 5. The van der Waals surface area contributed by atoms with Crippen molar-refractivity contribution in [2.45, 2.75) is 20.3 Å². The molecular weight excluding hydrogens is 244 g/mol. The Balaban J connectivity index is 2.79. The minimum absolute atomic E-state index is 0.376. The van der Waals surface area contributed by atoms with E-state index in [0.717, 1.165) is 5.69 Å². The van der Waals surface area contributed by atoms with Gasteiger partial charge in [0, 0.05) is 5.69 Å². The first-order valence-electron chi connectivity index (χ1n) is 4.97. The molecule has 0 saturated carbocycles. The summed E-state index contributed by atoms with van der Waals surface area (Å²) in [4.78, 5) is 14.4. The first kappa shape index (κ1) is 13.4. The van der Waals surface area contributed by atoms with E-state index in [4.69, 9.17) is 5.11 Å². The molecule has 7 heteroatoms. The van der Waals surface area contributed by atoms with Gasteiger partial charge in [-0.3, -0.25) is 14.5 Å². The number of anilines is 1. The third-order valence-electron chi connectivity index (χ3n) is 2.08. The highest BCUT2D eigenvalue weighted by molar-refractivity contribution is 7.92. The standard InChI is InChI=1S/C10H14N2O4S/c1-7-3-4-9(8(2)11-7)12-17(15,16)6-5-10(13)14/h3-4,12H,5-6H2,1-2H3,(H,13,14). The quantitative estimate of drug-likeness (QED) is 0.818. The van der Waals surface area contributed by atoms with E-state index in [2.05, 4.69) is 9.71 Å². The number of hydrogen-bond donors (Lipinski definition) is 2. The highest BCUT2D eigenvalue weighted by Crippen LogP contribution is 2.14. The molecule has 6 nitrogen and oxygen atoms in total. The number of carboxylic acid groups (broad SMARTS) is 1. The van der Waals surface area contributed by atoms with Crippen LogP contribution in [0.2, 0.25) is 0 Å². The van der Waals surface area contributed by atoms with Gasteiger partial charge >= 0.3 is 5.97 Å². The van der Waals surface area contributed by atoms with Gasteiger partial charge in [0.1, 0.15) is 0 Å². The summed E-state index contributed by atoms with van der Waals surface area (Å²) in [5.74, 6) is -1.59. The van der Waals surface area contributed by atoms with Crippen LogP contribution in [0.15, 0.2) is 12.1 Å². The Bertz CT molecular complexity index is 525. The Morgan fingerprint density at radius 3 is 2.59 bits per heavy atom. The van der Waals surface area contributed by atoms with Crippen LogP contribution in [0.25, 0.3) is 0 Å². The summed E-state index contributed by atoms with van der Waals surface area (Å²) in [5.41, 5.74) is 1.72. The highest BCUT2D eigenvalue weighted by Gasteiger charge is 2.14. The van der Waals surface area contributed by atoms with Crippen LogP contribution in [0.4, 0.5) is 5.69 Å². The van der Waals surface area contributed by atoms with Crippen molar-refractivity contribution in [3.8, 4) is 0 Å². The molecule has 0 atom stereocenters. The summed E-state index contributed by atoms with van der Waals surface area (Å²) in [5, 5.41) is 8.43. The van der Waals surface area contributed by atoms with Crippen molar-refractivity contribution in [2.75, 3.05) is 10.5 Å². The number of aryl methyl sites for hydroxylation is 2. The zero-order valence-corrected chi connectivity index (χ0v) is 10.4. The zero-order valence-electron chi connectivity index (χ0n) is 9.60. The molecule has 0 bridgehead atoms. The number of sulfonamides is 1. The van der Waals surface area contributed by atoms with Crippen molar-refractivity contribution >= 4 is 21.7 Å². The lowest BCUT2D eigenvalue weighted by atomic mass is 10.3. The monoisotopic (exact) mass is 258 g/mol. The van der Waals surface area contributed by atoms with E-state index in [0.29, 0.717) is 11.4 Å². The SMILES string of the molecule is Cc1ccc(NS(=O)(=O)CCC(=O)O)c(C)n1. The van der Waals surface area contributed by atoms with Crippen LogP contribution >= 0.6 is 0 Å². The molecule has 1 heterocycles. The molecule has 0 unspecified atom stereocenters. The molecule has 0 aliphatic carbocycles. The van der Waals surface area contributed by atoms with E-state index in [1.54, 1.807) is 26.0 Å². The number of nitrogens with zero attached hydrogens (tertiary/aromatic N) is 1. The Morgan fingerprint density at radius 2 is 2.06 bits per heavy atom. The van der Waals surface area contributed by atoms with Gasteiger partial charge in [0.2, 0.25) is 10.0 Å². The van der Waals surface area contributed by atoms with Gasteiger partial charge in [0.05, 0.1) is 23.6 Å². The minimum Gasteiger partial charge on any atom is -0.481 e. The van der Waals surface area contributed by atoms with Crippen LogP contribution < -0.4 is 4.72 Å². The first-order valence-corrected chi connectivity index (χ1v) is 6.62. The molecule has 0 saturated heterocycles. The number of carboxylic acids is 1. The molecule has 0 radical (unpaired) electrons. The van der Waals surface area contributed by atoms with E-state index in [-0.39, 0.29) is 0 Å². The van der Waals surface area contributed by atoms with Gasteiger partial charge < -0.3 is 5.11 Å². The molecule has 0 aliphatic heterocycles. The number of carbonyl (C=O) groups is 1. The number of nitrogens with one attached hydrogen (secondary N) is 1. The third-order valence-corrected chi connectivity index (χ3v) is 3.35. The van der Waals surface area contributed by atoms with Crippen molar-refractivity contribution in [3.05, 3.63) is 23.5 Å². The molecule has 0 aromatic carbocycles. The lowest BCUT2D eigenvalue weighted by molar-refractivity contribution is -0.136. The van der Waals surface area contributed by atoms with Crippen LogP contribution in [0.3, 0.4) is 0 Å². The molecular formula is C10H14N2O4S. The molecule has 94 valence electrons. The Kier molecular flexibility index (Phi) is 4.06. The lowest BCUT2D eigenvalue weighted by Crippen LogP contribution is -2.19. The summed E-state index contributed by atoms with van der Waals surface area (Å²) in [7, 11) is -3.64. The maximum Gasteiger partial charge on any atom is 0.304 e. The number of aliphatic carboxylic acids is 1. The number of hydrogen-bond acceptors (Lipinski definition) is 4. The smallest absolute Gasteiger partial charge is 0.304 e. The van der Waals surface area contributed by atoms with Crippen LogP contribution in [0.1, 0.15) is 17.8 Å². The fourth-order valence-corrected chi connectivity index (χ4v) is 2.33. The molecule has 2 N–H and O–H groups in total. The normalized spacial score (nSPS) is 11.2. The molecule has 1 aromatic rings. The average Bonchev–Trinajstić information content (AvgIpc) is 2.20. The molecule has 0 aliphatic rings. The molecule has 1 aromatic heterocycles. The molecule has 0 fully saturated rings. The maximum absolute atomic E-state index is 11.5. The summed E-state index contributed by atoms with van der Waals surface area (Å²) >= 11 is 0. The number of pyridine rings is 1. The fourth-order valence-electron chi connectivity index (χ4n) is 1.23. The summed E-state index contributed by atoms with van der Waals surface area (Å²) in [6.45, 7) is 3.48. The fraction of sp³-hybridized carbons (Fsp3) is 0.400. The predicted molar refractivity (Wildman–Crippen MR) is 63.4 cm³/mol. The second-order valence-corrected chi connectivity index (χ2v) is 5.49. The largest absolute Gasteiger partial charge is 0.481 e. The van der Waals surface area contributed by atoms with E-state index < -0.39 is 28.2 Å². The van der Waals surface area contributed by atoms with Gasteiger partial charge in [-0.1, -0.05) is 0 Å². The average molecular weight is 258 g/mol. The molecule has 0 amide bonds. The van der Waals surface area contributed by atoms with Gasteiger partial charge in [0.15, 0.2) is 0 Å². The van der Waals surface area contributed by atoms with Crippen molar-refractivity contribution < 1.29 is 18.3 Å². The van der Waals surface area contributed by atoms with Crippen LogP contribution in [-0.2, 0) is 14.8 Å². The van der Waals surface area contributed by atoms with Gasteiger partial charge in [0.25, 0.3) is 0 Å². The van der Waals surface area contributed by atoms with E-state index >= 15 is 0 Å². The van der Waals surface area contributed by atoms with Crippen molar-refractivity contribution in [1.29, 1.82) is 0 Å². The van der Waals surface area contributed by atoms with E-state index in [1.165, 1.54) is 0 Å². The third kappa shape index (κ3) is 4.39. The van der Waals surface area contributed by atoms with Crippen LogP contribution in [0, 0.1) is 13.8 Å². The van der Waals surface area contributed by atoms with Crippen LogP contribution in [-0.4, -0.2) is 30.2 Å². The van der Waals surface area contributed by atoms with Gasteiger partial charge in [-0.15, -0.1) is 0 Å². The molecule has 0 spiro atoms. The van der Waals surface area contributed by atoms with E-state index in [9.17, 15) is 13.2 Å². The van der Waals surface area contributed by atoms with Gasteiger partial charge in [-0.2, -0.15) is 0 Å². The summed E-state index contributed by atoms with van der Waals surface area (Å²) in [6.07, 6.45) is -0.423. The van der Waals surface area contributed by atoms with Crippen LogP contribution in [0.5, 0.6) is 0 Å². The Hall–Kier alpha value is -1.63. The Labute approximate surface area is 99.7 Å². The Morgan fingerprint density at radius 1 is 1.41 bits per heavy atom. The van der Waals surface area contributed by atoms with E-state index in [1.807, 2.05) is 0 Å². The lowest BCUT2D eigenvalue weighted by Gasteiger charge is -2.09. The zero-order chi connectivity index (χ0) is 13.1. The summed E-state index contributed by atoms with van der Waals surface area (Å²) in [6, 6.07) is 3.29. The summed E-state index contributed by atoms with van der Waals surface area (Å²) < 4.78 is 25.4. The first-order chi connectivity index (χ1) is 7.80. The topological polar surface area (TPSA) is 96.4 Å². The van der Waals surface area contributed by atoms with Gasteiger partial charge in [-0.25, -0.2) is 8.42 Å². The minimum atomic E-state index is -3.64. The molecule has 1 rings (SSSR count). The number of aromatic nitrogens is 1. The van der Waals surface area contributed by atoms with Crippen molar-refractivity contribution in [3.63, 3.8) is 0 Å². The van der Waals surface area contributed by atoms with Crippen molar-refractivity contribution in [2.24, 2.45) is 0 Å². The predicted octanol–water partition coefficient (Wildman–Crippen LogP) is 0.915. The second-order valence-electron chi connectivity index (χ2n) is 3.65. The second kappa shape index (κ2) is 5.13. The molecule has 17 heavy (non-hydrogen) atoms. The maximum atomic E-state index is 11.5. The highest BCUT2D eigenvalue weighted by atomic mass is 32.2.